The molecule has 0 fully saturated rings. The highest BCUT2D eigenvalue weighted by atomic mass is 79.9. The van der Waals surface area contributed by atoms with Crippen LogP contribution in [0.2, 0.25) is 0 Å². The number of amides is 2. The molecular weight excluding hydrogens is 308 g/mol. The van der Waals surface area contributed by atoms with E-state index in [1.54, 1.807) is 7.11 Å². The molecule has 5 heteroatoms. The van der Waals surface area contributed by atoms with Crippen LogP contribution >= 0.6 is 15.9 Å². The predicted octanol–water partition coefficient (Wildman–Crippen LogP) is 3.61. The number of rotatable bonds is 5. The molecule has 2 amide bonds. The van der Waals surface area contributed by atoms with Crippen molar-refractivity contribution >= 4 is 27.6 Å². The topological polar surface area (TPSA) is 50.4 Å². The number of methoxy groups -OCH3 is 1. The molecule has 0 aliphatic carbocycles. The van der Waals surface area contributed by atoms with Gasteiger partial charge in [0.1, 0.15) is 0 Å². The number of carbonyl (C=O) groups excluding carboxylic acids is 1. The van der Waals surface area contributed by atoms with Crippen molar-refractivity contribution in [2.24, 2.45) is 0 Å². The maximum absolute atomic E-state index is 11.9. The number of hydrogen-bond acceptors (Lipinski definition) is 2. The first-order valence-electron chi connectivity index (χ1n) is 6.27. The summed E-state index contributed by atoms with van der Waals surface area (Å²) in [6.07, 6.45) is 0.794. The Morgan fingerprint density at radius 2 is 1.95 bits per heavy atom. The van der Waals surface area contributed by atoms with Gasteiger partial charge in [0.05, 0.1) is 0 Å². The summed E-state index contributed by atoms with van der Waals surface area (Å²) >= 11 is 3.44. The highest BCUT2D eigenvalue weighted by molar-refractivity contribution is 9.10. The molecule has 1 rings (SSSR count). The Morgan fingerprint density at radius 1 is 1.37 bits per heavy atom. The van der Waals surface area contributed by atoms with Crippen molar-refractivity contribution < 1.29 is 9.53 Å². The third kappa shape index (κ3) is 5.20. The van der Waals surface area contributed by atoms with Gasteiger partial charge in [0, 0.05) is 29.9 Å². The van der Waals surface area contributed by atoms with Crippen molar-refractivity contribution in [3.05, 3.63) is 27.7 Å². The van der Waals surface area contributed by atoms with Crippen LogP contribution < -0.4 is 10.6 Å². The van der Waals surface area contributed by atoms with Crippen LogP contribution in [0.15, 0.2) is 16.6 Å². The molecule has 0 spiro atoms. The summed E-state index contributed by atoms with van der Waals surface area (Å²) in [5.41, 5.74) is 2.93. The number of carbonyl (C=O) groups is 1. The normalized spacial score (nSPS) is 12.1. The first kappa shape index (κ1) is 16.0. The zero-order chi connectivity index (χ0) is 14.4. The summed E-state index contributed by atoms with van der Waals surface area (Å²) in [5.74, 6) is 0. The minimum absolute atomic E-state index is 0.0796. The van der Waals surface area contributed by atoms with Crippen molar-refractivity contribution in [1.82, 2.24) is 5.32 Å². The lowest BCUT2D eigenvalue weighted by molar-refractivity contribution is 0.185. The maximum Gasteiger partial charge on any atom is 0.319 e. The van der Waals surface area contributed by atoms with Gasteiger partial charge in [0.25, 0.3) is 0 Å². The molecule has 0 bridgehead atoms. The summed E-state index contributed by atoms with van der Waals surface area (Å²) in [7, 11) is 1.65. The van der Waals surface area contributed by atoms with E-state index in [4.69, 9.17) is 4.74 Å². The van der Waals surface area contributed by atoms with Crippen LogP contribution in [0, 0.1) is 13.8 Å². The third-order valence-corrected chi connectivity index (χ3v) is 3.33. The van der Waals surface area contributed by atoms with Crippen LogP contribution in [0.5, 0.6) is 0 Å². The van der Waals surface area contributed by atoms with Crippen molar-refractivity contribution in [3.8, 4) is 0 Å². The predicted molar refractivity (Wildman–Crippen MR) is 81.7 cm³/mol. The second-order valence-corrected chi connectivity index (χ2v) is 5.61. The molecule has 19 heavy (non-hydrogen) atoms. The molecule has 0 saturated heterocycles. The number of aryl methyl sites for hydroxylation is 2. The summed E-state index contributed by atoms with van der Waals surface area (Å²) in [4.78, 5) is 11.9. The van der Waals surface area contributed by atoms with E-state index in [1.807, 2.05) is 32.9 Å². The standard InChI is InChI=1S/C14H21BrN2O2/c1-9-7-12(15)8-10(2)13(9)17-14(18)16-11(3)5-6-19-4/h7-8,11H,5-6H2,1-4H3,(H2,16,17,18). The number of halogens is 1. The lowest BCUT2D eigenvalue weighted by atomic mass is 10.1. The van der Waals surface area contributed by atoms with Crippen molar-refractivity contribution in [1.29, 1.82) is 0 Å². The van der Waals surface area contributed by atoms with E-state index in [0.29, 0.717) is 6.61 Å². The number of anilines is 1. The molecule has 0 aliphatic heterocycles. The van der Waals surface area contributed by atoms with Gasteiger partial charge in [-0.2, -0.15) is 0 Å². The fraction of sp³-hybridized carbons (Fsp3) is 0.500. The van der Waals surface area contributed by atoms with E-state index in [-0.39, 0.29) is 12.1 Å². The molecule has 0 aromatic heterocycles. The van der Waals surface area contributed by atoms with E-state index < -0.39 is 0 Å². The van der Waals surface area contributed by atoms with Crippen LogP contribution in [0.25, 0.3) is 0 Å². The molecule has 1 atom stereocenters. The number of hydrogen-bond donors (Lipinski definition) is 2. The average Bonchev–Trinajstić information content (AvgIpc) is 2.31. The fourth-order valence-corrected chi connectivity index (χ4v) is 2.53. The Morgan fingerprint density at radius 3 is 2.47 bits per heavy atom. The minimum atomic E-state index is -0.183. The fourth-order valence-electron chi connectivity index (χ4n) is 1.85. The first-order valence-corrected chi connectivity index (χ1v) is 7.06. The van der Waals surface area contributed by atoms with Crippen molar-refractivity contribution in [2.45, 2.75) is 33.2 Å². The Balaban J connectivity index is 2.62. The molecule has 0 radical (unpaired) electrons. The highest BCUT2D eigenvalue weighted by Gasteiger charge is 2.10. The van der Waals surface area contributed by atoms with Crippen LogP contribution in [-0.2, 0) is 4.74 Å². The number of nitrogens with one attached hydrogen (secondary N) is 2. The molecule has 1 aromatic carbocycles. The average molecular weight is 329 g/mol. The lowest BCUT2D eigenvalue weighted by Crippen LogP contribution is -2.37. The minimum Gasteiger partial charge on any atom is -0.385 e. The Bertz CT molecular complexity index is 426. The van der Waals surface area contributed by atoms with Gasteiger partial charge >= 0.3 is 6.03 Å². The molecule has 0 aliphatic rings. The summed E-state index contributed by atoms with van der Waals surface area (Å²) in [6.45, 7) is 6.54. The maximum atomic E-state index is 11.9. The van der Waals surface area contributed by atoms with Gasteiger partial charge in [-0.15, -0.1) is 0 Å². The summed E-state index contributed by atoms with van der Waals surface area (Å²) in [6, 6.07) is 3.86. The van der Waals surface area contributed by atoms with Crippen LogP contribution in [-0.4, -0.2) is 25.8 Å². The van der Waals surface area contributed by atoms with Gasteiger partial charge in [0.15, 0.2) is 0 Å². The SMILES string of the molecule is COCCC(C)NC(=O)Nc1c(C)cc(Br)cc1C. The molecule has 0 heterocycles. The quantitative estimate of drug-likeness (QED) is 0.867. The van der Waals surface area contributed by atoms with E-state index >= 15 is 0 Å². The number of benzene rings is 1. The molecule has 1 aromatic rings. The van der Waals surface area contributed by atoms with E-state index in [1.165, 1.54) is 0 Å². The van der Waals surface area contributed by atoms with Gasteiger partial charge in [0.2, 0.25) is 0 Å². The van der Waals surface area contributed by atoms with Crippen LogP contribution in [0.4, 0.5) is 10.5 Å². The van der Waals surface area contributed by atoms with Crippen LogP contribution in [0.3, 0.4) is 0 Å². The highest BCUT2D eigenvalue weighted by Crippen LogP contribution is 2.24. The van der Waals surface area contributed by atoms with Gasteiger partial charge in [-0.05, 0) is 50.5 Å². The molecular formula is C14H21BrN2O2. The summed E-state index contributed by atoms with van der Waals surface area (Å²) < 4.78 is 6.00. The molecule has 0 saturated carbocycles. The van der Waals surface area contributed by atoms with Gasteiger partial charge < -0.3 is 15.4 Å². The second-order valence-electron chi connectivity index (χ2n) is 4.70. The van der Waals surface area contributed by atoms with Gasteiger partial charge in [-0.25, -0.2) is 4.79 Å². The number of ether oxygens (including phenoxy) is 1. The molecule has 4 nitrogen and oxygen atoms in total. The Labute approximate surface area is 123 Å². The molecule has 1 unspecified atom stereocenters. The van der Waals surface area contributed by atoms with Crippen molar-refractivity contribution in [2.75, 3.05) is 19.0 Å². The van der Waals surface area contributed by atoms with E-state index in [2.05, 4.69) is 26.6 Å². The van der Waals surface area contributed by atoms with Gasteiger partial charge in [-0.1, -0.05) is 15.9 Å². The molecule has 106 valence electrons. The zero-order valence-corrected chi connectivity index (χ0v) is 13.4. The van der Waals surface area contributed by atoms with Crippen LogP contribution in [0.1, 0.15) is 24.5 Å². The largest absolute Gasteiger partial charge is 0.385 e. The van der Waals surface area contributed by atoms with Gasteiger partial charge in [-0.3, -0.25) is 0 Å². The Hall–Kier alpha value is -1.07. The zero-order valence-electron chi connectivity index (χ0n) is 11.8. The molecule has 2 N–H and O–H groups in total. The Kier molecular flexibility index (Phi) is 6.31. The first-order chi connectivity index (χ1) is 8.93. The lowest BCUT2D eigenvalue weighted by Gasteiger charge is -2.16. The van der Waals surface area contributed by atoms with Crippen molar-refractivity contribution in [3.63, 3.8) is 0 Å². The number of urea groups is 1. The third-order valence-electron chi connectivity index (χ3n) is 2.87. The second kappa shape index (κ2) is 7.50. The smallest absolute Gasteiger partial charge is 0.319 e. The monoisotopic (exact) mass is 328 g/mol. The summed E-state index contributed by atoms with van der Waals surface area (Å²) in [5, 5.41) is 5.79. The van der Waals surface area contributed by atoms with E-state index in [0.717, 1.165) is 27.7 Å². The van der Waals surface area contributed by atoms with E-state index in [9.17, 15) is 4.79 Å².